The van der Waals surface area contributed by atoms with E-state index in [2.05, 4.69) is 37.4 Å². The molecule has 0 unspecified atom stereocenters. The molecular weight excluding hydrogens is 422 g/mol. The predicted octanol–water partition coefficient (Wildman–Crippen LogP) is 4.52. The Morgan fingerprint density at radius 1 is 1.00 bits per heavy atom. The molecule has 3 aromatic carbocycles. The summed E-state index contributed by atoms with van der Waals surface area (Å²) in [5.41, 5.74) is 9.15. The van der Waals surface area contributed by atoms with Crippen LogP contribution < -0.4 is 11.1 Å². The van der Waals surface area contributed by atoms with E-state index >= 15 is 0 Å². The van der Waals surface area contributed by atoms with Gasteiger partial charge in [0.2, 0.25) is 5.91 Å². The number of anilines is 1. The van der Waals surface area contributed by atoms with E-state index in [1.807, 2.05) is 48.5 Å². The molecule has 2 atom stereocenters. The minimum atomic E-state index is -0.295. The van der Waals surface area contributed by atoms with Gasteiger partial charge in [-0.2, -0.15) is 0 Å². The van der Waals surface area contributed by atoms with Gasteiger partial charge in [0.05, 0.1) is 12.1 Å². The fourth-order valence-corrected chi connectivity index (χ4v) is 4.77. The molecular formula is C29H35N3O2. The van der Waals surface area contributed by atoms with Gasteiger partial charge in [-0.25, -0.2) is 0 Å². The Balaban J connectivity index is 1.35. The van der Waals surface area contributed by atoms with Crippen LogP contribution in [0, 0.1) is 0 Å². The fourth-order valence-electron chi connectivity index (χ4n) is 4.77. The number of carbonyl (C=O) groups excluding carboxylic acids is 2. The number of ketones is 1. The molecule has 34 heavy (non-hydrogen) atoms. The number of likely N-dealkylation sites (tertiary alicyclic amines) is 1. The number of hydrogen-bond donors (Lipinski definition) is 2. The Hall–Kier alpha value is -3.18. The number of nitrogens with two attached hydrogens (primary N) is 1. The van der Waals surface area contributed by atoms with Crippen LogP contribution in [0.1, 0.15) is 44.2 Å². The number of hydrogen-bond acceptors (Lipinski definition) is 4. The lowest BCUT2D eigenvalue weighted by Crippen LogP contribution is -2.60. The van der Waals surface area contributed by atoms with Gasteiger partial charge in [-0.3, -0.25) is 9.59 Å². The third kappa shape index (κ3) is 5.65. The first-order valence-electron chi connectivity index (χ1n) is 12.3. The molecule has 3 N–H and O–H groups in total. The molecule has 0 radical (unpaired) electrons. The van der Waals surface area contributed by atoms with Crippen molar-refractivity contribution in [3.05, 3.63) is 77.9 Å². The molecule has 0 bridgehead atoms. The van der Waals surface area contributed by atoms with Crippen molar-refractivity contribution < 1.29 is 9.59 Å². The number of amides is 1. The van der Waals surface area contributed by atoms with E-state index in [-0.39, 0.29) is 29.8 Å². The monoisotopic (exact) mass is 457 g/mol. The van der Waals surface area contributed by atoms with Crippen molar-refractivity contribution in [1.82, 2.24) is 10.2 Å². The molecule has 178 valence electrons. The Bertz CT molecular complexity index is 1140. The second-order valence-electron chi connectivity index (χ2n) is 9.60. The number of fused-ring (bicyclic) bond motifs is 1. The van der Waals surface area contributed by atoms with E-state index < -0.39 is 0 Å². The zero-order valence-corrected chi connectivity index (χ0v) is 20.2. The van der Waals surface area contributed by atoms with E-state index in [9.17, 15) is 9.59 Å². The number of carbonyl (C=O) groups is 2. The summed E-state index contributed by atoms with van der Waals surface area (Å²) in [6.45, 7) is 4.77. The molecule has 4 rings (SSSR count). The zero-order valence-electron chi connectivity index (χ0n) is 20.2. The highest BCUT2D eigenvalue weighted by atomic mass is 16.2. The van der Waals surface area contributed by atoms with Crippen LogP contribution in [0.4, 0.5) is 5.69 Å². The van der Waals surface area contributed by atoms with Crippen molar-refractivity contribution in [2.45, 2.75) is 64.1 Å². The number of nitrogens with one attached hydrogen (secondary N) is 1. The average Bonchev–Trinajstić information content (AvgIpc) is 2.80. The van der Waals surface area contributed by atoms with Gasteiger partial charge < -0.3 is 16.0 Å². The minimum Gasteiger partial charge on any atom is -0.398 e. The standard InChI is InChI=1S/C29H35N3O2/c1-20(2)31-26(15-12-21-7-4-3-5-8-21)29(34)32-18-17-27(32)28(33)16-13-22-11-14-24-23(19-22)9-6-10-25(24)30/h3-11,14,19-20,26-27,31H,12-13,15-18,30H2,1-2H3/t26-,27+/m1/s1. The summed E-state index contributed by atoms with van der Waals surface area (Å²) in [4.78, 5) is 28.2. The maximum atomic E-state index is 13.3. The van der Waals surface area contributed by atoms with Gasteiger partial charge in [-0.15, -0.1) is 0 Å². The molecule has 1 aliphatic heterocycles. The van der Waals surface area contributed by atoms with E-state index in [1.165, 1.54) is 5.56 Å². The summed E-state index contributed by atoms with van der Waals surface area (Å²) in [5, 5.41) is 5.55. The molecule has 0 spiro atoms. The first-order valence-corrected chi connectivity index (χ1v) is 12.3. The van der Waals surface area contributed by atoms with Gasteiger partial charge in [0.15, 0.2) is 5.78 Å². The van der Waals surface area contributed by atoms with E-state index in [0.717, 1.165) is 41.3 Å². The lowest BCUT2D eigenvalue weighted by molar-refractivity contribution is -0.148. The van der Waals surface area contributed by atoms with E-state index in [1.54, 1.807) is 4.90 Å². The third-order valence-electron chi connectivity index (χ3n) is 6.71. The Labute approximate surface area is 202 Å². The second-order valence-corrected chi connectivity index (χ2v) is 9.60. The summed E-state index contributed by atoms with van der Waals surface area (Å²) in [6, 6.07) is 21.9. The largest absolute Gasteiger partial charge is 0.398 e. The van der Waals surface area contributed by atoms with E-state index in [0.29, 0.717) is 19.4 Å². The number of rotatable bonds is 10. The van der Waals surface area contributed by atoms with Crippen LogP contribution in [-0.2, 0) is 22.4 Å². The van der Waals surface area contributed by atoms with E-state index in [4.69, 9.17) is 5.73 Å². The fraction of sp³-hybridized carbons (Fsp3) is 0.379. The van der Waals surface area contributed by atoms with Crippen molar-refractivity contribution >= 4 is 28.2 Å². The molecule has 1 amide bonds. The number of Topliss-reactive ketones (excluding diaryl/α,β-unsaturated/α-hetero) is 1. The second kappa shape index (κ2) is 10.8. The van der Waals surface area contributed by atoms with Crippen LogP contribution in [0.5, 0.6) is 0 Å². The molecule has 1 saturated heterocycles. The number of nitrogen functional groups attached to an aromatic ring is 1. The van der Waals surface area contributed by atoms with Gasteiger partial charge in [0, 0.05) is 30.1 Å². The summed E-state index contributed by atoms with van der Waals surface area (Å²) in [7, 11) is 0. The molecule has 1 fully saturated rings. The molecule has 1 aliphatic rings. The quantitative estimate of drug-likeness (QED) is 0.439. The molecule has 0 aliphatic carbocycles. The lowest BCUT2D eigenvalue weighted by Gasteiger charge is -2.42. The Morgan fingerprint density at radius 2 is 1.79 bits per heavy atom. The van der Waals surface area contributed by atoms with Gasteiger partial charge in [-0.05, 0) is 48.3 Å². The van der Waals surface area contributed by atoms with Crippen LogP contribution in [0.3, 0.4) is 0 Å². The first kappa shape index (κ1) is 24.0. The third-order valence-corrected chi connectivity index (χ3v) is 6.71. The summed E-state index contributed by atoms with van der Waals surface area (Å²) in [6.07, 6.45) is 3.42. The van der Waals surface area contributed by atoms with Crippen LogP contribution in [0.2, 0.25) is 0 Å². The van der Waals surface area contributed by atoms with Gasteiger partial charge in [0.25, 0.3) is 0 Å². The Morgan fingerprint density at radius 3 is 2.50 bits per heavy atom. The molecule has 0 saturated carbocycles. The van der Waals surface area contributed by atoms with Gasteiger partial charge in [0.1, 0.15) is 0 Å². The topological polar surface area (TPSA) is 75.4 Å². The van der Waals surface area contributed by atoms with Gasteiger partial charge >= 0.3 is 0 Å². The highest BCUT2D eigenvalue weighted by Gasteiger charge is 2.39. The predicted molar refractivity (Wildman–Crippen MR) is 139 cm³/mol. The van der Waals surface area contributed by atoms with Crippen molar-refractivity contribution in [2.75, 3.05) is 12.3 Å². The van der Waals surface area contributed by atoms with Crippen LogP contribution in [0.15, 0.2) is 66.7 Å². The van der Waals surface area contributed by atoms with Crippen molar-refractivity contribution in [1.29, 1.82) is 0 Å². The highest BCUT2D eigenvalue weighted by Crippen LogP contribution is 2.25. The SMILES string of the molecule is CC(C)N[C@H](CCc1ccccc1)C(=O)N1CC[C@H]1C(=O)CCc1ccc2c(N)cccc2c1. The molecule has 5 nitrogen and oxygen atoms in total. The Kier molecular flexibility index (Phi) is 7.63. The average molecular weight is 458 g/mol. The van der Waals surface area contributed by atoms with Gasteiger partial charge in [-0.1, -0.05) is 74.5 Å². The number of benzene rings is 3. The normalized spacial score (nSPS) is 16.4. The molecule has 5 heteroatoms. The van der Waals surface area contributed by atoms with Crippen molar-refractivity contribution in [3.63, 3.8) is 0 Å². The smallest absolute Gasteiger partial charge is 0.240 e. The minimum absolute atomic E-state index is 0.0513. The highest BCUT2D eigenvalue weighted by molar-refractivity contribution is 5.94. The zero-order chi connectivity index (χ0) is 24.1. The maximum absolute atomic E-state index is 13.3. The first-order chi connectivity index (χ1) is 16.4. The van der Waals surface area contributed by atoms with Crippen LogP contribution in [0.25, 0.3) is 10.8 Å². The lowest BCUT2D eigenvalue weighted by atomic mass is 9.92. The maximum Gasteiger partial charge on any atom is 0.240 e. The van der Waals surface area contributed by atoms with Crippen molar-refractivity contribution in [3.8, 4) is 0 Å². The molecule has 3 aromatic rings. The summed E-state index contributed by atoms with van der Waals surface area (Å²) >= 11 is 0. The number of aryl methyl sites for hydroxylation is 2. The van der Waals surface area contributed by atoms with Crippen molar-refractivity contribution in [2.24, 2.45) is 0 Å². The molecule has 1 heterocycles. The summed E-state index contributed by atoms with van der Waals surface area (Å²) in [5.74, 6) is 0.203. The van der Waals surface area contributed by atoms with Crippen LogP contribution in [-0.4, -0.2) is 41.3 Å². The van der Waals surface area contributed by atoms with Crippen LogP contribution >= 0.6 is 0 Å². The summed E-state index contributed by atoms with van der Waals surface area (Å²) < 4.78 is 0. The number of nitrogens with zero attached hydrogens (tertiary/aromatic N) is 1. The molecule has 0 aromatic heterocycles.